The lowest BCUT2D eigenvalue weighted by Crippen LogP contribution is -2.59. The molecule has 4 aromatic carbocycles. The van der Waals surface area contributed by atoms with Gasteiger partial charge in [-0.05, 0) is 86.9 Å². The molecular weight excluding hydrogens is 851 g/mol. The Balaban J connectivity index is 1.51. The molecule has 17 heteroatoms. The van der Waals surface area contributed by atoms with Gasteiger partial charge in [-0.15, -0.1) is 0 Å². The van der Waals surface area contributed by atoms with Gasteiger partial charge in [-0.3, -0.25) is 14.6 Å². The molecule has 0 heterocycles. The monoisotopic (exact) mass is 913 g/mol. The molecule has 350 valence electrons. The maximum atomic E-state index is 14.2. The molecule has 0 spiro atoms. The number of nitrogens with zero attached hydrogens (tertiary/aromatic N) is 1. The zero-order chi connectivity index (χ0) is 47.4. The molecule has 0 saturated heterocycles. The Morgan fingerprint density at radius 3 is 1.82 bits per heavy atom. The molecule has 0 saturated carbocycles. The van der Waals surface area contributed by atoms with Crippen LogP contribution >= 0.6 is 0 Å². The highest BCUT2D eigenvalue weighted by atomic mass is 32.2. The minimum atomic E-state index is -4.07. The van der Waals surface area contributed by atoms with E-state index in [2.05, 4.69) is 31.0 Å². The van der Waals surface area contributed by atoms with Crippen LogP contribution in [0.3, 0.4) is 0 Å². The van der Waals surface area contributed by atoms with Crippen molar-refractivity contribution in [1.29, 1.82) is 0 Å². The van der Waals surface area contributed by atoms with Crippen LogP contribution in [-0.4, -0.2) is 88.2 Å². The number of hydrogen-bond donors (Lipinski definition) is 6. The Labute approximate surface area is 382 Å². The number of amides is 4. The largest absolute Gasteiger partial charge is 0.497 e. The summed E-state index contributed by atoms with van der Waals surface area (Å²) in [5, 5.41) is 11.3. The Morgan fingerprint density at radius 2 is 1.26 bits per heavy atom. The van der Waals surface area contributed by atoms with Gasteiger partial charge in [-0.25, -0.2) is 22.7 Å². The van der Waals surface area contributed by atoms with Gasteiger partial charge in [0.2, 0.25) is 17.8 Å². The van der Waals surface area contributed by atoms with Crippen LogP contribution in [0.15, 0.2) is 125 Å². The third-order valence-electron chi connectivity index (χ3n) is 9.79. The molecule has 4 amide bonds. The zero-order valence-corrected chi connectivity index (χ0v) is 38.7. The Kier molecular flexibility index (Phi) is 19.8. The van der Waals surface area contributed by atoms with Gasteiger partial charge in [0.15, 0.2) is 0 Å². The first kappa shape index (κ1) is 51.2. The molecule has 0 aliphatic carbocycles. The number of guanidine groups is 1. The predicted molar refractivity (Wildman–Crippen MR) is 249 cm³/mol. The Hall–Kier alpha value is -6.46. The van der Waals surface area contributed by atoms with Crippen molar-refractivity contribution >= 4 is 39.8 Å². The summed E-state index contributed by atoms with van der Waals surface area (Å²) in [6, 6.07) is 29.4. The van der Waals surface area contributed by atoms with Crippen molar-refractivity contribution < 1.29 is 41.8 Å². The van der Waals surface area contributed by atoms with E-state index in [-0.39, 0.29) is 49.2 Å². The molecule has 16 nitrogen and oxygen atoms in total. The minimum Gasteiger partial charge on any atom is -0.497 e. The summed E-state index contributed by atoms with van der Waals surface area (Å²) in [6.45, 7) is 9.21. The summed E-state index contributed by atoms with van der Waals surface area (Å²) in [5.41, 5.74) is 7.83. The number of carbonyl (C=O) groups is 4. The number of methoxy groups -OCH3 is 1. The molecule has 0 aliphatic heterocycles. The van der Waals surface area contributed by atoms with Crippen LogP contribution in [0.4, 0.5) is 4.79 Å². The van der Waals surface area contributed by atoms with Gasteiger partial charge in [0.25, 0.3) is 10.0 Å². The number of benzene rings is 4. The van der Waals surface area contributed by atoms with Crippen LogP contribution in [0.1, 0.15) is 64.2 Å². The van der Waals surface area contributed by atoms with E-state index >= 15 is 0 Å². The minimum absolute atomic E-state index is 0.0204. The number of aliphatic imine (C=N–C) groups is 1. The molecule has 4 rings (SSSR count). The van der Waals surface area contributed by atoms with E-state index in [0.29, 0.717) is 18.8 Å². The highest BCUT2D eigenvalue weighted by molar-refractivity contribution is 7.90. The highest BCUT2D eigenvalue weighted by Crippen LogP contribution is 2.16. The molecule has 7 N–H and O–H groups in total. The van der Waals surface area contributed by atoms with Gasteiger partial charge in [0.1, 0.15) is 29.5 Å². The summed E-state index contributed by atoms with van der Waals surface area (Å²) in [6.07, 6.45) is 0.689. The maximum absolute atomic E-state index is 14.2. The number of rotatable bonds is 23. The number of esters is 1. The predicted octanol–water partition coefficient (Wildman–Crippen LogP) is 4.77. The number of hydrogen-bond acceptors (Lipinski definition) is 10. The lowest BCUT2D eigenvalue weighted by atomic mass is 10.0. The molecule has 0 aromatic heterocycles. The van der Waals surface area contributed by atoms with E-state index in [9.17, 15) is 27.6 Å². The van der Waals surface area contributed by atoms with E-state index < -0.39 is 63.6 Å². The van der Waals surface area contributed by atoms with Gasteiger partial charge >= 0.3 is 12.0 Å². The van der Waals surface area contributed by atoms with Gasteiger partial charge in [-0.1, -0.05) is 105 Å². The lowest BCUT2D eigenvalue weighted by molar-refractivity contribution is -0.157. The van der Waals surface area contributed by atoms with Crippen molar-refractivity contribution in [2.45, 2.75) is 102 Å². The number of carbonyl (C=O) groups excluding carboxylic acids is 4. The molecule has 4 atom stereocenters. The average molecular weight is 914 g/mol. The van der Waals surface area contributed by atoms with Crippen LogP contribution in [0, 0.1) is 5.92 Å². The fourth-order valence-corrected chi connectivity index (χ4v) is 7.50. The van der Waals surface area contributed by atoms with Crippen molar-refractivity contribution in [2.75, 3.05) is 20.3 Å². The van der Waals surface area contributed by atoms with Gasteiger partial charge in [-0.2, -0.15) is 0 Å². The third-order valence-corrected chi connectivity index (χ3v) is 11.2. The van der Waals surface area contributed by atoms with Crippen LogP contribution in [0.5, 0.6) is 5.75 Å². The normalized spacial score (nSPS) is 13.7. The average Bonchev–Trinajstić information content (AvgIpc) is 3.26. The summed E-state index contributed by atoms with van der Waals surface area (Å²) < 4.78 is 44.8. The van der Waals surface area contributed by atoms with Crippen molar-refractivity contribution in [1.82, 2.24) is 26.0 Å². The van der Waals surface area contributed by atoms with E-state index in [1.807, 2.05) is 91.0 Å². The fourth-order valence-electron chi connectivity index (χ4n) is 6.54. The van der Waals surface area contributed by atoms with Crippen molar-refractivity contribution in [3.05, 3.63) is 132 Å². The second-order valence-electron chi connectivity index (χ2n) is 16.8. The van der Waals surface area contributed by atoms with Crippen LogP contribution in [0.25, 0.3) is 0 Å². The van der Waals surface area contributed by atoms with E-state index in [1.54, 1.807) is 34.6 Å². The summed E-state index contributed by atoms with van der Waals surface area (Å²) in [4.78, 5) is 59.5. The molecule has 0 fully saturated rings. The quantitative estimate of drug-likeness (QED) is 0.0259. The fraction of sp³-hybridized carbons (Fsp3) is 0.396. The molecule has 0 aliphatic rings. The van der Waals surface area contributed by atoms with Crippen molar-refractivity contribution in [3.63, 3.8) is 0 Å². The number of nitrogens with two attached hydrogens (primary N) is 1. The van der Waals surface area contributed by atoms with Crippen LogP contribution < -0.4 is 36.5 Å². The molecule has 65 heavy (non-hydrogen) atoms. The second-order valence-corrected chi connectivity index (χ2v) is 18.4. The van der Waals surface area contributed by atoms with Crippen molar-refractivity contribution in [3.8, 4) is 5.75 Å². The standard InChI is InChI=1S/C48H63N7O9S/c1-33(2)42(44(57)51-37(29-34-17-10-7-11-18-34)32-63-31-36-21-14-9-15-22-36)54-43(56)40(23-16-28-50-46(49)55-65(60,61)39-26-24-38(62-6)25-27-39)52-47(59)53-41(45(58)64-48(3,4)5)30-35-19-12-8-13-20-35/h7-15,17-22,24-27,33,37,40-42H,16,23,28-32H2,1-6H3,(H,51,57)(H,54,56)(H3,49,50,55)(H2,52,53,59)/t37-,40-,41?,42-/m0/s1. The first-order valence-corrected chi connectivity index (χ1v) is 23.0. The first-order chi connectivity index (χ1) is 30.9. The highest BCUT2D eigenvalue weighted by Gasteiger charge is 2.32. The van der Waals surface area contributed by atoms with Crippen LogP contribution in [0.2, 0.25) is 0 Å². The topological polar surface area (TPSA) is 229 Å². The lowest BCUT2D eigenvalue weighted by Gasteiger charge is -2.28. The number of ether oxygens (including phenoxy) is 3. The number of nitrogens with one attached hydrogen (secondary N) is 5. The first-order valence-electron chi connectivity index (χ1n) is 21.5. The molecule has 1 unspecified atom stereocenters. The summed E-state index contributed by atoms with van der Waals surface area (Å²) in [5.74, 6) is -2.10. The SMILES string of the molecule is COc1ccc(S(=O)(=O)NC(N)=NCCC[C@H](NC(=O)NC(Cc2ccccc2)C(=O)OC(C)(C)C)C(=O)N[C@H](C(=O)N[C@H](COCc2ccccc2)Cc2ccccc2)C(C)C)cc1. The second kappa shape index (κ2) is 25.1. The smallest absolute Gasteiger partial charge is 0.329 e. The molecule has 0 radical (unpaired) electrons. The third kappa shape index (κ3) is 18.3. The van der Waals surface area contributed by atoms with Gasteiger partial charge in [0, 0.05) is 13.0 Å². The number of sulfonamides is 1. The summed E-state index contributed by atoms with van der Waals surface area (Å²) in [7, 11) is -2.61. The van der Waals surface area contributed by atoms with E-state index in [1.165, 1.54) is 31.4 Å². The molecule has 4 aromatic rings. The molecule has 0 bridgehead atoms. The summed E-state index contributed by atoms with van der Waals surface area (Å²) >= 11 is 0. The van der Waals surface area contributed by atoms with E-state index in [4.69, 9.17) is 19.9 Å². The Morgan fingerprint density at radius 1 is 0.708 bits per heavy atom. The maximum Gasteiger partial charge on any atom is 0.329 e. The molecular formula is C48H63N7O9S. The van der Waals surface area contributed by atoms with Crippen LogP contribution in [-0.2, 0) is 53.3 Å². The number of urea groups is 1. The van der Waals surface area contributed by atoms with Gasteiger partial charge in [0.05, 0.1) is 31.3 Å². The van der Waals surface area contributed by atoms with Gasteiger partial charge < -0.3 is 41.2 Å². The Bertz CT molecular complexity index is 2260. The zero-order valence-electron chi connectivity index (χ0n) is 37.9. The van der Waals surface area contributed by atoms with E-state index in [0.717, 1.165) is 16.7 Å². The van der Waals surface area contributed by atoms with Crippen molar-refractivity contribution in [2.24, 2.45) is 16.6 Å².